The Bertz CT molecular complexity index is 1050. The van der Waals surface area contributed by atoms with Gasteiger partial charge in [-0.25, -0.2) is 9.37 Å². The molecule has 0 aliphatic heterocycles. The summed E-state index contributed by atoms with van der Waals surface area (Å²) in [5.41, 5.74) is 1.94. The molecule has 1 heterocycles. The van der Waals surface area contributed by atoms with E-state index in [0.29, 0.717) is 52.2 Å². The van der Waals surface area contributed by atoms with Crippen molar-refractivity contribution < 1.29 is 13.9 Å². The number of fused-ring (bicyclic) bond motifs is 1. The van der Waals surface area contributed by atoms with Gasteiger partial charge in [-0.3, -0.25) is 0 Å². The van der Waals surface area contributed by atoms with Crippen molar-refractivity contribution in [2.45, 2.75) is 13.8 Å². The zero-order valence-electron chi connectivity index (χ0n) is 14.8. The predicted octanol–water partition coefficient (Wildman–Crippen LogP) is 5.22. The van der Waals surface area contributed by atoms with Crippen LogP contribution in [-0.2, 0) is 0 Å². The predicted molar refractivity (Wildman–Crippen MR) is 103 cm³/mol. The number of halogens is 2. The highest BCUT2D eigenvalue weighted by atomic mass is 35.5. The quantitative estimate of drug-likeness (QED) is 0.591. The minimum atomic E-state index is -0.379. The Kier molecular flexibility index (Phi) is 5.63. The summed E-state index contributed by atoms with van der Waals surface area (Å²) in [7, 11) is 0. The maximum absolute atomic E-state index is 13.4. The summed E-state index contributed by atoms with van der Waals surface area (Å²) < 4.78 is 24.5. The molecule has 0 fully saturated rings. The summed E-state index contributed by atoms with van der Waals surface area (Å²) in [5.74, 6) is 1.04. The summed E-state index contributed by atoms with van der Waals surface area (Å²) in [6, 6.07) is 9.68. The molecule has 1 aromatic heterocycles. The van der Waals surface area contributed by atoms with Gasteiger partial charge in [-0.05, 0) is 49.8 Å². The molecule has 0 aliphatic rings. The highest BCUT2D eigenvalue weighted by Gasteiger charge is 2.13. The maximum Gasteiger partial charge on any atom is 0.162 e. The second kappa shape index (κ2) is 8.11. The third kappa shape index (κ3) is 4.04. The Morgan fingerprint density at radius 2 is 1.93 bits per heavy atom. The summed E-state index contributed by atoms with van der Waals surface area (Å²) in [5, 5.41) is 9.99. The number of ether oxygens (including phenoxy) is 2. The van der Waals surface area contributed by atoms with E-state index in [1.807, 2.05) is 13.8 Å². The van der Waals surface area contributed by atoms with Gasteiger partial charge < -0.3 is 14.5 Å². The molecule has 5 nitrogen and oxygen atoms in total. The molecular weight excluding hydrogens is 369 g/mol. The summed E-state index contributed by atoms with van der Waals surface area (Å²) in [4.78, 5) is 7.30. The van der Waals surface area contributed by atoms with Crippen molar-refractivity contribution in [1.82, 2.24) is 9.97 Å². The number of hydrogen-bond donors (Lipinski definition) is 1. The van der Waals surface area contributed by atoms with Crippen molar-refractivity contribution in [2.24, 2.45) is 0 Å². The van der Waals surface area contributed by atoms with Crippen molar-refractivity contribution in [1.29, 1.82) is 5.26 Å². The van der Waals surface area contributed by atoms with Crippen LogP contribution in [0.3, 0.4) is 0 Å². The fraction of sp³-hybridized carbons (Fsp3) is 0.200. The molecule has 0 spiro atoms. The normalized spacial score (nSPS) is 11.4. The second-order valence-corrected chi connectivity index (χ2v) is 6.01. The molecule has 0 saturated carbocycles. The van der Waals surface area contributed by atoms with Crippen LogP contribution < -0.4 is 9.47 Å². The summed E-state index contributed by atoms with van der Waals surface area (Å²) in [6.45, 7) is 4.68. The Labute approximate surface area is 161 Å². The number of nitrogens with one attached hydrogen (secondary N) is 1. The second-order valence-electron chi connectivity index (χ2n) is 5.60. The lowest BCUT2D eigenvalue weighted by Gasteiger charge is -2.12. The Hall–Kier alpha value is -3.04. The first-order valence-electron chi connectivity index (χ1n) is 8.42. The number of benzene rings is 2. The SMILES string of the molecule is CCOc1cc(Cl)c(/C=C(/C#N)c2nc3ccc(F)cc3[nH]2)cc1OCC. The molecule has 0 unspecified atom stereocenters. The molecule has 0 aliphatic carbocycles. The zero-order chi connectivity index (χ0) is 19.4. The van der Waals surface area contributed by atoms with Crippen LogP contribution in [-0.4, -0.2) is 23.2 Å². The summed E-state index contributed by atoms with van der Waals surface area (Å²) >= 11 is 6.36. The molecule has 0 amide bonds. The van der Waals surface area contributed by atoms with Gasteiger partial charge in [0.25, 0.3) is 0 Å². The van der Waals surface area contributed by atoms with Gasteiger partial charge in [-0.1, -0.05) is 11.6 Å². The minimum Gasteiger partial charge on any atom is -0.490 e. The average molecular weight is 386 g/mol. The maximum atomic E-state index is 13.4. The topological polar surface area (TPSA) is 70.9 Å². The van der Waals surface area contributed by atoms with Crippen LogP contribution in [0.5, 0.6) is 11.5 Å². The van der Waals surface area contributed by atoms with Crippen LogP contribution in [0.4, 0.5) is 4.39 Å². The van der Waals surface area contributed by atoms with Crippen LogP contribution in [0.15, 0.2) is 30.3 Å². The van der Waals surface area contributed by atoms with E-state index in [9.17, 15) is 9.65 Å². The standard InChI is InChI=1S/C20H17ClFN3O2/c1-3-26-18-8-12(15(21)10-19(18)27-4-2)7-13(11-23)20-24-16-6-5-14(22)9-17(16)25-20/h5-10H,3-4H2,1-2H3,(H,24,25)/b13-7-. The number of rotatable bonds is 6. The molecule has 1 N–H and O–H groups in total. The number of aromatic nitrogens is 2. The molecule has 3 aromatic rings. The Balaban J connectivity index is 2.06. The Morgan fingerprint density at radius 1 is 1.22 bits per heavy atom. The smallest absolute Gasteiger partial charge is 0.162 e. The van der Waals surface area contributed by atoms with Crippen LogP contribution in [0.1, 0.15) is 25.2 Å². The van der Waals surface area contributed by atoms with E-state index in [1.54, 1.807) is 24.3 Å². The van der Waals surface area contributed by atoms with Crippen molar-refractivity contribution in [3.05, 3.63) is 52.6 Å². The van der Waals surface area contributed by atoms with Gasteiger partial charge in [0.15, 0.2) is 11.5 Å². The van der Waals surface area contributed by atoms with Gasteiger partial charge in [0.05, 0.1) is 34.8 Å². The van der Waals surface area contributed by atoms with Crippen molar-refractivity contribution in [3.63, 3.8) is 0 Å². The van der Waals surface area contributed by atoms with E-state index in [-0.39, 0.29) is 11.4 Å². The van der Waals surface area contributed by atoms with Gasteiger partial charge in [-0.15, -0.1) is 0 Å². The summed E-state index contributed by atoms with van der Waals surface area (Å²) in [6.07, 6.45) is 1.61. The first-order chi connectivity index (χ1) is 13.0. The van der Waals surface area contributed by atoms with Gasteiger partial charge in [0.1, 0.15) is 17.7 Å². The van der Waals surface area contributed by atoms with Crippen LogP contribution in [0.2, 0.25) is 5.02 Å². The number of aromatic amines is 1. The van der Waals surface area contributed by atoms with E-state index in [2.05, 4.69) is 16.0 Å². The molecule has 0 saturated heterocycles. The van der Waals surface area contributed by atoms with Gasteiger partial charge >= 0.3 is 0 Å². The number of hydrogen-bond acceptors (Lipinski definition) is 4. The minimum absolute atomic E-state index is 0.264. The number of nitrogens with zero attached hydrogens (tertiary/aromatic N) is 2. The van der Waals surface area contributed by atoms with Crippen LogP contribution in [0, 0.1) is 17.1 Å². The number of nitriles is 1. The highest BCUT2D eigenvalue weighted by molar-refractivity contribution is 6.32. The molecule has 7 heteroatoms. The largest absolute Gasteiger partial charge is 0.490 e. The van der Waals surface area contributed by atoms with Crippen molar-refractivity contribution in [2.75, 3.05) is 13.2 Å². The monoisotopic (exact) mass is 385 g/mol. The van der Waals surface area contributed by atoms with Crippen LogP contribution in [0.25, 0.3) is 22.7 Å². The van der Waals surface area contributed by atoms with Gasteiger partial charge in [0.2, 0.25) is 0 Å². The first kappa shape index (κ1) is 18.7. The molecule has 138 valence electrons. The molecule has 0 bridgehead atoms. The van der Waals surface area contributed by atoms with Gasteiger partial charge in [-0.2, -0.15) is 5.26 Å². The van der Waals surface area contributed by atoms with E-state index in [1.165, 1.54) is 12.1 Å². The number of H-pyrrole nitrogens is 1. The first-order valence-corrected chi connectivity index (χ1v) is 8.80. The van der Waals surface area contributed by atoms with E-state index < -0.39 is 0 Å². The molecule has 27 heavy (non-hydrogen) atoms. The lowest BCUT2D eigenvalue weighted by molar-refractivity contribution is 0.288. The molecule has 2 aromatic carbocycles. The number of imidazole rings is 1. The lowest BCUT2D eigenvalue weighted by Crippen LogP contribution is -1.99. The van der Waals surface area contributed by atoms with E-state index in [0.717, 1.165) is 0 Å². The fourth-order valence-corrected chi connectivity index (χ4v) is 2.82. The van der Waals surface area contributed by atoms with E-state index >= 15 is 0 Å². The van der Waals surface area contributed by atoms with Crippen molar-refractivity contribution in [3.8, 4) is 17.6 Å². The zero-order valence-corrected chi connectivity index (χ0v) is 15.6. The average Bonchev–Trinajstić information content (AvgIpc) is 3.06. The van der Waals surface area contributed by atoms with Crippen LogP contribution >= 0.6 is 11.6 Å². The molecular formula is C20H17ClFN3O2. The molecule has 0 radical (unpaired) electrons. The van der Waals surface area contributed by atoms with Crippen molar-refractivity contribution >= 4 is 34.3 Å². The van der Waals surface area contributed by atoms with E-state index in [4.69, 9.17) is 21.1 Å². The third-order valence-corrected chi connectivity index (χ3v) is 4.11. The fourth-order valence-electron chi connectivity index (χ4n) is 2.62. The lowest BCUT2D eigenvalue weighted by atomic mass is 10.1. The molecule has 0 atom stereocenters. The molecule has 3 rings (SSSR count). The highest BCUT2D eigenvalue weighted by Crippen LogP contribution is 2.35. The number of allylic oxidation sites excluding steroid dienone is 1. The third-order valence-electron chi connectivity index (χ3n) is 3.78. The Morgan fingerprint density at radius 3 is 2.59 bits per heavy atom. The van der Waals surface area contributed by atoms with Gasteiger partial charge in [0, 0.05) is 6.07 Å².